The van der Waals surface area contributed by atoms with Crippen molar-refractivity contribution in [1.82, 2.24) is 0 Å². The van der Waals surface area contributed by atoms with Gasteiger partial charge in [-0.1, -0.05) is 0 Å². The van der Waals surface area contributed by atoms with Crippen molar-refractivity contribution in [3.8, 4) is 0 Å². The molecule has 1 fully saturated rings. The third kappa shape index (κ3) is 5.82. The Morgan fingerprint density at radius 3 is 1.75 bits per heavy atom. The largest absolute Gasteiger partial charge is 0.394 e. The Kier molecular flexibility index (Phi) is 7.31. The predicted octanol–water partition coefficient (Wildman–Crippen LogP) is -2.33. The first-order valence-electron chi connectivity index (χ1n) is 8.86. The van der Waals surface area contributed by atoms with E-state index >= 15 is 0 Å². The van der Waals surface area contributed by atoms with Gasteiger partial charge in [0.2, 0.25) is 0 Å². The maximum absolute atomic E-state index is 11.0. The van der Waals surface area contributed by atoms with Crippen LogP contribution in [0.4, 0.5) is 0 Å². The maximum atomic E-state index is 11.0. The van der Waals surface area contributed by atoms with E-state index in [0.29, 0.717) is 0 Å². The molecule has 0 spiro atoms. The molecule has 0 aliphatic carbocycles. The summed E-state index contributed by atoms with van der Waals surface area (Å²) < 4.78 is 53.9. The van der Waals surface area contributed by atoms with Crippen LogP contribution < -0.4 is 0 Å². The van der Waals surface area contributed by atoms with Crippen molar-refractivity contribution in [3.63, 3.8) is 0 Å². The fraction of sp³-hybridized carbons (Fsp3) is 0.714. The lowest BCUT2D eigenvalue weighted by molar-refractivity contribution is -0.316. The van der Waals surface area contributed by atoms with E-state index in [-0.39, 0.29) is 0 Å². The number of carbonyl (C=O) groups is 4. The van der Waals surface area contributed by atoms with Gasteiger partial charge in [0, 0.05) is 0 Å². The summed E-state index contributed by atoms with van der Waals surface area (Å²) in [5, 5.41) is 9.54. The zero-order chi connectivity index (χ0) is 21.3. The highest BCUT2D eigenvalue weighted by atomic mass is 16.7. The molecular weight excluding hydrogens is 328 g/mol. The molecular formula is C14H20O10. The third-order valence-electron chi connectivity index (χ3n) is 3.08. The highest BCUT2D eigenvalue weighted by molar-refractivity contribution is 5.51. The molecule has 1 heterocycles. The Morgan fingerprint density at radius 2 is 1.25 bits per heavy atom. The summed E-state index contributed by atoms with van der Waals surface area (Å²) in [6.07, 6.45) is -11.2. The first kappa shape index (κ1) is 14.8. The summed E-state index contributed by atoms with van der Waals surface area (Å²) in [6, 6.07) is 0. The van der Waals surface area contributed by atoms with Gasteiger partial charge in [-0.15, -0.1) is 0 Å². The first-order valence-corrected chi connectivity index (χ1v) is 6.86. The molecule has 0 amide bonds. The first-order chi connectivity index (χ1) is 13.1. The number of aldehydes is 4. The fourth-order valence-electron chi connectivity index (χ4n) is 2.23. The summed E-state index contributed by atoms with van der Waals surface area (Å²) in [5.74, 6) is 0. The molecule has 0 aromatic heterocycles. The third-order valence-corrected chi connectivity index (χ3v) is 3.08. The number of carbonyl (C=O) groups excluding carboxylic acids is 4. The molecule has 1 rings (SSSR count). The molecule has 0 bridgehead atoms. The van der Waals surface area contributed by atoms with Crippen LogP contribution in [0.5, 0.6) is 0 Å². The van der Waals surface area contributed by atoms with Gasteiger partial charge in [0.05, 0.1) is 6.61 Å². The molecule has 5 atom stereocenters. The highest BCUT2D eigenvalue weighted by Gasteiger charge is 2.48. The molecule has 0 aromatic rings. The van der Waals surface area contributed by atoms with Crippen molar-refractivity contribution in [2.75, 3.05) is 33.0 Å². The number of ether oxygens (including phenoxy) is 5. The van der Waals surface area contributed by atoms with Crippen molar-refractivity contribution in [2.45, 2.75) is 30.7 Å². The van der Waals surface area contributed by atoms with Crippen molar-refractivity contribution >= 4 is 25.0 Å². The normalized spacial score (nSPS) is 32.1. The van der Waals surface area contributed by atoms with Gasteiger partial charge >= 0.3 is 0 Å². The van der Waals surface area contributed by atoms with Gasteiger partial charge in [0.25, 0.3) is 0 Å². The fourth-order valence-corrected chi connectivity index (χ4v) is 2.23. The van der Waals surface area contributed by atoms with Crippen LogP contribution in [0.15, 0.2) is 0 Å². The topological polar surface area (TPSA) is 135 Å². The molecule has 0 radical (unpaired) electrons. The van der Waals surface area contributed by atoms with Crippen molar-refractivity contribution in [1.29, 1.82) is 0 Å². The van der Waals surface area contributed by atoms with Gasteiger partial charge in [0.15, 0.2) is 6.29 Å². The molecule has 0 saturated carbocycles. The Morgan fingerprint density at radius 1 is 0.792 bits per heavy atom. The van der Waals surface area contributed by atoms with Gasteiger partial charge in [-0.3, -0.25) is 0 Å². The van der Waals surface area contributed by atoms with Crippen LogP contribution in [0, 0.1) is 0 Å². The van der Waals surface area contributed by atoms with E-state index in [4.69, 9.17) is 29.2 Å². The minimum Gasteiger partial charge on any atom is -0.394 e. The summed E-state index contributed by atoms with van der Waals surface area (Å²) in [6.45, 7) is -3.66. The van der Waals surface area contributed by atoms with Gasteiger partial charge < -0.3 is 48.0 Å². The minimum atomic E-state index is -1.47. The summed E-state index contributed by atoms with van der Waals surface area (Å²) in [4.78, 5) is 43.7. The van der Waals surface area contributed by atoms with Crippen LogP contribution >= 0.6 is 0 Å². The summed E-state index contributed by atoms with van der Waals surface area (Å²) in [5.41, 5.74) is 0. The molecule has 10 nitrogen and oxygen atoms in total. The minimum absolute atomic E-state index is 0.690. The average molecular weight is 352 g/mol. The second-order valence-corrected chi connectivity index (χ2v) is 4.44. The Bertz CT molecular complexity index is 574. The standard InChI is InChI=1S/C14H20O10/c15-1-5-20-11-10(9-19)24-14(23-8-4-18)13(22-7-3-17)12(11)21-6-2-16/h1-4,10-14,19H,5-9H2/t10-,11-,12+,13+,14?/m1/s1/i1D,2D,3D,4D. The average Bonchev–Trinajstić information content (AvgIpc) is 2.60. The zero-order valence-electron chi connectivity index (χ0n) is 16.5. The van der Waals surface area contributed by atoms with Crippen LogP contribution in [0.3, 0.4) is 0 Å². The zero-order valence-corrected chi connectivity index (χ0v) is 12.5. The van der Waals surface area contributed by atoms with Gasteiger partial charge in [-0.25, -0.2) is 0 Å². The number of hydrogen-bond acceptors (Lipinski definition) is 10. The molecule has 10 heteroatoms. The molecule has 136 valence electrons. The van der Waals surface area contributed by atoms with Crippen LogP contribution in [0.2, 0.25) is 0 Å². The molecule has 24 heavy (non-hydrogen) atoms. The van der Waals surface area contributed by atoms with E-state index in [9.17, 15) is 24.3 Å². The van der Waals surface area contributed by atoms with E-state index in [1.165, 1.54) is 0 Å². The van der Waals surface area contributed by atoms with E-state index in [1.807, 2.05) is 0 Å². The molecule has 0 aromatic carbocycles. The number of hydrogen-bond donors (Lipinski definition) is 1. The SMILES string of the molecule is [2H]C(=O)COC1O[C@H](CO)[C@@H](OCC([2H])=O)[C@H](OCC([2H])=O)[C@@H]1OCC([2H])=O. The monoisotopic (exact) mass is 352 g/mol. The van der Waals surface area contributed by atoms with Gasteiger partial charge in [-0.05, 0) is 0 Å². The molecule has 1 aliphatic rings. The quantitative estimate of drug-likeness (QED) is 0.360. The second kappa shape index (κ2) is 11.9. The highest BCUT2D eigenvalue weighted by Crippen LogP contribution is 2.28. The molecule has 1 unspecified atom stereocenters. The van der Waals surface area contributed by atoms with E-state index in [1.54, 1.807) is 0 Å². The van der Waals surface area contributed by atoms with E-state index in [2.05, 4.69) is 0 Å². The Labute approximate surface area is 143 Å². The molecule has 1 N–H and O–H groups in total. The number of rotatable bonds is 13. The van der Waals surface area contributed by atoms with Gasteiger partial charge in [-0.2, -0.15) is 0 Å². The predicted molar refractivity (Wildman–Crippen MR) is 75.2 cm³/mol. The van der Waals surface area contributed by atoms with Crippen LogP contribution in [0.25, 0.3) is 0 Å². The summed E-state index contributed by atoms with van der Waals surface area (Å²) in [7, 11) is 0. The lowest BCUT2D eigenvalue weighted by Gasteiger charge is -2.44. The van der Waals surface area contributed by atoms with Crippen molar-refractivity contribution in [2.24, 2.45) is 0 Å². The molecule has 1 saturated heterocycles. The number of aliphatic hydroxyl groups excluding tert-OH is 1. The Balaban J connectivity index is 3.14. The van der Waals surface area contributed by atoms with E-state index in [0.717, 1.165) is 0 Å². The lowest BCUT2D eigenvalue weighted by atomic mass is 9.98. The van der Waals surface area contributed by atoms with Crippen LogP contribution in [-0.4, -0.2) is 93.9 Å². The Hall–Kier alpha value is -1.56. The van der Waals surface area contributed by atoms with Crippen molar-refractivity contribution in [3.05, 3.63) is 0 Å². The molecule has 1 aliphatic heterocycles. The maximum Gasteiger partial charge on any atom is 0.187 e. The number of aliphatic hydroxyl groups is 1. The smallest absolute Gasteiger partial charge is 0.187 e. The van der Waals surface area contributed by atoms with E-state index < -0.39 is 88.8 Å². The van der Waals surface area contributed by atoms with Crippen LogP contribution in [0.1, 0.15) is 5.48 Å². The van der Waals surface area contributed by atoms with Crippen molar-refractivity contribution < 1.29 is 53.5 Å². The lowest BCUT2D eigenvalue weighted by Crippen LogP contribution is -2.62. The van der Waals surface area contributed by atoms with Gasteiger partial charge in [0.1, 0.15) is 81.4 Å². The summed E-state index contributed by atoms with van der Waals surface area (Å²) >= 11 is 0. The second-order valence-electron chi connectivity index (χ2n) is 4.44. The van der Waals surface area contributed by atoms with Crippen LogP contribution in [-0.2, 0) is 42.9 Å².